The van der Waals surface area contributed by atoms with Gasteiger partial charge in [-0.1, -0.05) is 164 Å². The first-order valence-corrected chi connectivity index (χ1v) is 23.6. The first kappa shape index (κ1) is 46.1. The van der Waals surface area contributed by atoms with Crippen LogP contribution in [0.25, 0.3) is 72.1 Å². The Kier molecular flexibility index (Phi) is 12.0. The van der Waals surface area contributed by atoms with Crippen molar-refractivity contribution in [2.75, 3.05) is 0 Å². The largest absolute Gasteiger partial charge is 2.00 e. The monoisotopic (exact) mass is 1120 g/mol. The number of rotatable bonds is 9. The van der Waals surface area contributed by atoms with E-state index in [0.29, 0.717) is 34.0 Å². The smallest absolute Gasteiger partial charge is 0.509 e. The Morgan fingerprint density at radius 3 is 1.83 bits per heavy atom. The Hall–Kier alpha value is -8.34. The normalized spacial score (nSPS) is 12.1. The van der Waals surface area contributed by atoms with Crippen LogP contribution in [0, 0.1) is 23.8 Å². The molecule has 2 aromatic heterocycles. The molecule has 0 unspecified atom stereocenters. The fourth-order valence-corrected chi connectivity index (χ4v) is 9.64. The van der Waals surface area contributed by atoms with Crippen molar-refractivity contribution < 1.29 is 34.6 Å². The maximum absolute atomic E-state index is 15.0. The van der Waals surface area contributed by atoms with Gasteiger partial charge in [0, 0.05) is 41.4 Å². The fourth-order valence-electron chi connectivity index (χ4n) is 9.64. The first-order chi connectivity index (χ1) is 34.6. The molecule has 12 rings (SSSR count). The summed E-state index contributed by atoms with van der Waals surface area (Å²) in [5.74, 6) is 0.455. The van der Waals surface area contributed by atoms with Crippen LogP contribution in [0.3, 0.4) is 0 Å². The summed E-state index contributed by atoms with van der Waals surface area (Å²) < 4.78 is 43.1. The standard InChI is InChI=1S/C64H44F2N4O.Pt/c1-64(2,3)48-31-32-67-62(37-48)70-58-22-11-10-19-56(58)57-30-29-52(40-61(57)70)71-53-36-46(44-27-25-43(26-28-44)42-15-6-4-7-16-42)35-51(39-53)68-41-69(60-24-13-12-23-59(60)68)63-54(45-17-8-5-9-18-45)20-14-21-55(63)47-33-49(65)38-50(66)34-47;/h4-38H,1-3H3;/q;+2. The summed E-state index contributed by atoms with van der Waals surface area (Å²) in [5, 5.41) is 2.12. The van der Waals surface area contributed by atoms with Crippen LogP contribution in [0.15, 0.2) is 212 Å². The molecular formula is C64H44F2N4OPt+2. The van der Waals surface area contributed by atoms with Crippen molar-refractivity contribution in [2.24, 2.45) is 0 Å². The van der Waals surface area contributed by atoms with Gasteiger partial charge >= 0.3 is 27.1 Å². The summed E-state index contributed by atoms with van der Waals surface area (Å²) in [4.78, 5) is 4.88. The van der Waals surface area contributed by atoms with E-state index in [0.717, 1.165) is 78.4 Å². The van der Waals surface area contributed by atoms with Gasteiger partial charge in [-0.05, 0) is 91.2 Å². The van der Waals surface area contributed by atoms with Gasteiger partial charge < -0.3 is 9.30 Å². The summed E-state index contributed by atoms with van der Waals surface area (Å²) in [5.41, 5.74) is 12.9. The van der Waals surface area contributed by atoms with E-state index in [1.807, 2.05) is 125 Å². The molecule has 0 radical (unpaired) electrons. The molecule has 1 aliphatic rings. The van der Waals surface area contributed by atoms with Crippen molar-refractivity contribution in [1.29, 1.82) is 0 Å². The van der Waals surface area contributed by atoms with E-state index in [1.54, 1.807) is 0 Å². The van der Waals surface area contributed by atoms with Crippen molar-refractivity contribution in [3.8, 4) is 61.8 Å². The van der Waals surface area contributed by atoms with E-state index in [2.05, 4.69) is 122 Å². The minimum Gasteiger partial charge on any atom is -0.509 e. The van der Waals surface area contributed by atoms with E-state index in [9.17, 15) is 0 Å². The number of aromatic nitrogens is 2. The predicted molar refractivity (Wildman–Crippen MR) is 284 cm³/mol. The zero-order valence-corrected chi connectivity index (χ0v) is 41.7. The van der Waals surface area contributed by atoms with Crippen molar-refractivity contribution >= 4 is 50.6 Å². The summed E-state index contributed by atoms with van der Waals surface area (Å²) in [6, 6.07) is 78.0. The maximum atomic E-state index is 15.0. The molecular weight excluding hydrogens is 1070 g/mol. The molecule has 0 bridgehead atoms. The molecule has 11 aromatic rings. The fraction of sp³-hybridized carbons (Fsp3) is 0.0625. The van der Waals surface area contributed by atoms with Gasteiger partial charge in [-0.2, -0.15) is 6.07 Å². The quantitative estimate of drug-likeness (QED) is 0.107. The van der Waals surface area contributed by atoms with Gasteiger partial charge in [0.25, 0.3) is 11.4 Å². The SMILES string of the molecule is CC(C)(C)c1ccnc(-n2c3[c-]c(Oc4[c-]c([N+]5=C=[N+](c6c(-c7ccccc7)cccc6-c6cc(F)cc(F)c6)c6ccccc65)cc(-c5ccc(-c6ccccc6)cc5)c4)ccc3c3ccccc32)c1.[Pt+2]. The van der Waals surface area contributed by atoms with Gasteiger partial charge in [0.05, 0.1) is 11.1 Å². The molecule has 5 nitrogen and oxygen atoms in total. The van der Waals surface area contributed by atoms with E-state index >= 15 is 8.78 Å². The Morgan fingerprint density at radius 1 is 0.514 bits per heavy atom. The summed E-state index contributed by atoms with van der Waals surface area (Å²) >= 11 is 0. The minimum atomic E-state index is -0.660. The predicted octanol–water partition coefficient (Wildman–Crippen LogP) is 16.7. The molecule has 0 spiro atoms. The number of para-hydroxylation sites is 4. The molecule has 0 amide bonds. The topological polar surface area (TPSA) is 33.1 Å². The molecule has 72 heavy (non-hydrogen) atoms. The number of fused-ring (bicyclic) bond motifs is 4. The summed E-state index contributed by atoms with van der Waals surface area (Å²) in [6.45, 7) is 6.61. The molecule has 3 heterocycles. The van der Waals surface area contributed by atoms with Gasteiger partial charge in [-0.15, -0.1) is 29.1 Å². The Labute approximate surface area is 431 Å². The molecule has 8 heteroatoms. The number of ether oxygens (including phenoxy) is 1. The number of nitrogens with zero attached hydrogens (tertiary/aromatic N) is 4. The number of pyridine rings is 1. The molecule has 0 aliphatic carbocycles. The molecule has 0 N–H and O–H groups in total. The van der Waals surface area contributed by atoms with Gasteiger partial charge in [0.2, 0.25) is 5.69 Å². The number of benzene rings is 9. The van der Waals surface area contributed by atoms with Gasteiger partial charge in [-0.3, -0.25) is 0 Å². The van der Waals surface area contributed by atoms with Gasteiger partial charge in [0.15, 0.2) is 0 Å². The molecule has 9 aromatic carbocycles. The van der Waals surface area contributed by atoms with Crippen molar-refractivity contribution in [3.05, 3.63) is 242 Å². The minimum absolute atomic E-state index is 0. The zero-order chi connectivity index (χ0) is 48.2. The third-order valence-corrected chi connectivity index (χ3v) is 13.1. The van der Waals surface area contributed by atoms with E-state index in [-0.39, 0.29) is 26.5 Å². The average Bonchev–Trinajstić information content (AvgIpc) is 3.94. The Morgan fingerprint density at radius 2 is 1.12 bits per heavy atom. The molecule has 0 fully saturated rings. The first-order valence-electron chi connectivity index (χ1n) is 23.6. The second kappa shape index (κ2) is 18.8. The second-order valence-electron chi connectivity index (χ2n) is 18.7. The molecule has 348 valence electrons. The third kappa shape index (κ3) is 8.57. The van der Waals surface area contributed by atoms with Crippen LogP contribution in [0.5, 0.6) is 11.5 Å². The van der Waals surface area contributed by atoms with E-state index in [1.165, 1.54) is 17.7 Å². The molecule has 0 saturated carbocycles. The number of halogens is 2. The van der Waals surface area contributed by atoms with Crippen molar-refractivity contribution in [3.63, 3.8) is 0 Å². The van der Waals surface area contributed by atoms with E-state index in [4.69, 9.17) is 9.72 Å². The van der Waals surface area contributed by atoms with Crippen LogP contribution in [0.2, 0.25) is 0 Å². The van der Waals surface area contributed by atoms with Crippen LogP contribution in [-0.2, 0) is 26.5 Å². The van der Waals surface area contributed by atoms with Crippen LogP contribution >= 0.6 is 0 Å². The number of hydrogen-bond donors (Lipinski definition) is 0. The van der Waals surface area contributed by atoms with Crippen molar-refractivity contribution in [1.82, 2.24) is 18.7 Å². The zero-order valence-electron chi connectivity index (χ0n) is 39.5. The molecule has 0 saturated heterocycles. The maximum Gasteiger partial charge on any atom is 2.00 e. The van der Waals surface area contributed by atoms with Crippen LogP contribution in [0.1, 0.15) is 26.3 Å². The Bertz CT molecular complexity index is 3930. The van der Waals surface area contributed by atoms with Crippen LogP contribution < -0.4 is 13.9 Å². The van der Waals surface area contributed by atoms with E-state index < -0.39 is 11.6 Å². The molecule has 0 atom stereocenters. The molecule has 1 aliphatic heterocycles. The van der Waals surface area contributed by atoms with Gasteiger partial charge in [-0.25, -0.2) is 13.8 Å². The van der Waals surface area contributed by atoms with Crippen LogP contribution in [-0.4, -0.2) is 15.6 Å². The van der Waals surface area contributed by atoms with Crippen molar-refractivity contribution in [2.45, 2.75) is 26.2 Å². The average molecular weight is 1120 g/mol. The second-order valence-corrected chi connectivity index (χ2v) is 18.7. The summed E-state index contributed by atoms with van der Waals surface area (Å²) in [6.07, 6.45) is 1.87. The third-order valence-electron chi connectivity index (χ3n) is 13.1. The van der Waals surface area contributed by atoms with Crippen LogP contribution in [0.4, 0.5) is 31.5 Å². The summed E-state index contributed by atoms with van der Waals surface area (Å²) in [7, 11) is 0. The number of hydrogen-bond acceptors (Lipinski definition) is 2. The van der Waals surface area contributed by atoms with Gasteiger partial charge in [0.1, 0.15) is 23.1 Å². The Balaban J connectivity index is 0.00000560.